The molecule has 3 rings (SSSR count). The zero-order chi connectivity index (χ0) is 19.9. The number of nitrogens with two attached hydrogens (primary N) is 1. The highest BCUT2D eigenvalue weighted by atomic mass is 16.3. The van der Waals surface area contributed by atoms with E-state index in [4.69, 9.17) is 10.2 Å². The molecule has 0 spiro atoms. The summed E-state index contributed by atoms with van der Waals surface area (Å²) in [6.45, 7) is 7.47. The van der Waals surface area contributed by atoms with Crippen LogP contribution >= 0.6 is 0 Å². The van der Waals surface area contributed by atoms with Crippen LogP contribution in [0.5, 0.6) is 0 Å². The summed E-state index contributed by atoms with van der Waals surface area (Å²) in [6, 6.07) is 12.0. The van der Waals surface area contributed by atoms with Gasteiger partial charge < -0.3 is 25.7 Å². The van der Waals surface area contributed by atoms with Crippen LogP contribution in [0.2, 0.25) is 0 Å². The molecule has 1 aliphatic rings. The van der Waals surface area contributed by atoms with Gasteiger partial charge in [0.25, 0.3) is 5.91 Å². The lowest BCUT2D eigenvalue weighted by Gasteiger charge is -2.22. The molecule has 1 aliphatic heterocycles. The second-order valence-corrected chi connectivity index (χ2v) is 6.98. The lowest BCUT2D eigenvalue weighted by atomic mass is 10.1. The smallest absolute Gasteiger partial charge is 0.284 e. The van der Waals surface area contributed by atoms with Crippen LogP contribution in [0.15, 0.2) is 45.8 Å². The SMILES string of the molecule is CCNC(=NCc1ccc(C(N)=O)o1)NC(C)c1cccc(N2CCCC2)c1. The van der Waals surface area contributed by atoms with Crippen molar-refractivity contribution in [1.82, 2.24) is 10.6 Å². The number of primary amides is 1. The Balaban J connectivity index is 1.67. The molecule has 1 fully saturated rings. The number of rotatable bonds is 7. The fraction of sp³-hybridized carbons (Fsp3) is 0.429. The molecule has 7 nitrogen and oxygen atoms in total. The van der Waals surface area contributed by atoms with Gasteiger partial charge in [-0.2, -0.15) is 0 Å². The Bertz CT molecular complexity index is 824. The molecule has 1 aromatic heterocycles. The summed E-state index contributed by atoms with van der Waals surface area (Å²) in [5.41, 5.74) is 7.71. The van der Waals surface area contributed by atoms with Crippen molar-refractivity contribution in [3.8, 4) is 0 Å². The first-order valence-corrected chi connectivity index (χ1v) is 9.85. The second-order valence-electron chi connectivity index (χ2n) is 6.98. The minimum absolute atomic E-state index is 0.0955. The van der Waals surface area contributed by atoms with Gasteiger partial charge in [-0.25, -0.2) is 4.99 Å². The van der Waals surface area contributed by atoms with Gasteiger partial charge in [-0.15, -0.1) is 0 Å². The molecule has 150 valence electrons. The number of carbonyl (C=O) groups excluding carboxylic acids is 1. The van der Waals surface area contributed by atoms with Crippen molar-refractivity contribution in [3.63, 3.8) is 0 Å². The molecule has 4 N–H and O–H groups in total. The van der Waals surface area contributed by atoms with E-state index in [2.05, 4.69) is 51.7 Å². The zero-order valence-electron chi connectivity index (χ0n) is 16.6. The van der Waals surface area contributed by atoms with Crippen molar-refractivity contribution in [1.29, 1.82) is 0 Å². The maximum absolute atomic E-state index is 11.1. The molecular weight excluding hydrogens is 354 g/mol. The lowest BCUT2D eigenvalue weighted by molar-refractivity contribution is 0.0972. The standard InChI is InChI=1S/C21H29N5O2/c1-3-23-21(24-14-18-9-10-19(28-18)20(22)27)25-15(2)16-7-6-8-17(13-16)26-11-4-5-12-26/h6-10,13,15H,3-5,11-12,14H2,1-2H3,(H2,22,27)(H2,23,24,25). The number of anilines is 1. The number of hydrogen-bond acceptors (Lipinski definition) is 4. The molecule has 1 atom stereocenters. The highest BCUT2D eigenvalue weighted by molar-refractivity contribution is 5.89. The van der Waals surface area contributed by atoms with Gasteiger partial charge in [0.2, 0.25) is 0 Å². The lowest BCUT2D eigenvalue weighted by Crippen LogP contribution is -2.38. The molecule has 28 heavy (non-hydrogen) atoms. The summed E-state index contributed by atoms with van der Waals surface area (Å²) in [6.07, 6.45) is 2.53. The second kappa shape index (κ2) is 9.30. The number of amides is 1. The Morgan fingerprint density at radius 1 is 1.29 bits per heavy atom. The van der Waals surface area contributed by atoms with Crippen LogP contribution < -0.4 is 21.3 Å². The van der Waals surface area contributed by atoms with E-state index in [0.29, 0.717) is 18.3 Å². The van der Waals surface area contributed by atoms with Crippen LogP contribution in [0.1, 0.15) is 54.6 Å². The predicted molar refractivity (Wildman–Crippen MR) is 111 cm³/mol. The third-order valence-corrected chi connectivity index (χ3v) is 4.84. The highest BCUT2D eigenvalue weighted by Crippen LogP contribution is 2.24. The van der Waals surface area contributed by atoms with E-state index >= 15 is 0 Å². The van der Waals surface area contributed by atoms with Crippen LogP contribution in [0.3, 0.4) is 0 Å². The van der Waals surface area contributed by atoms with Crippen LogP contribution in [0.4, 0.5) is 5.69 Å². The van der Waals surface area contributed by atoms with Crippen LogP contribution in [0, 0.1) is 0 Å². The number of guanidine groups is 1. The molecule has 1 saturated heterocycles. The van der Waals surface area contributed by atoms with Crippen molar-refractivity contribution < 1.29 is 9.21 Å². The largest absolute Gasteiger partial charge is 0.454 e. The maximum atomic E-state index is 11.1. The number of nitrogens with zero attached hydrogens (tertiary/aromatic N) is 2. The number of carbonyl (C=O) groups is 1. The molecule has 2 aromatic rings. The monoisotopic (exact) mass is 383 g/mol. The molecule has 2 heterocycles. The van der Waals surface area contributed by atoms with E-state index in [-0.39, 0.29) is 11.8 Å². The Hall–Kier alpha value is -2.96. The van der Waals surface area contributed by atoms with Gasteiger partial charge in [0.1, 0.15) is 12.3 Å². The third kappa shape index (κ3) is 5.06. The van der Waals surface area contributed by atoms with Gasteiger partial charge in [0.05, 0.1) is 6.04 Å². The molecule has 0 bridgehead atoms. The summed E-state index contributed by atoms with van der Waals surface area (Å²) < 4.78 is 5.39. The fourth-order valence-electron chi connectivity index (χ4n) is 3.33. The summed E-state index contributed by atoms with van der Waals surface area (Å²) in [5.74, 6) is 0.857. The normalized spacial score (nSPS) is 15.5. The van der Waals surface area contributed by atoms with Crippen LogP contribution in [-0.4, -0.2) is 31.5 Å². The zero-order valence-corrected chi connectivity index (χ0v) is 16.6. The van der Waals surface area contributed by atoms with Gasteiger partial charge in [-0.1, -0.05) is 12.1 Å². The molecule has 1 amide bonds. The van der Waals surface area contributed by atoms with E-state index < -0.39 is 5.91 Å². The first-order valence-electron chi connectivity index (χ1n) is 9.85. The molecule has 1 unspecified atom stereocenters. The first kappa shape index (κ1) is 19.8. The van der Waals surface area contributed by atoms with E-state index in [0.717, 1.165) is 19.6 Å². The van der Waals surface area contributed by atoms with Gasteiger partial charge in [-0.05, 0) is 56.5 Å². The number of aliphatic imine (C=N–C) groups is 1. The van der Waals surface area contributed by atoms with Crippen molar-refractivity contribution in [2.45, 2.75) is 39.3 Å². The average Bonchev–Trinajstić information content (AvgIpc) is 3.38. The Labute approximate surface area is 166 Å². The van der Waals surface area contributed by atoms with E-state index in [9.17, 15) is 4.79 Å². The van der Waals surface area contributed by atoms with E-state index in [1.54, 1.807) is 12.1 Å². The van der Waals surface area contributed by atoms with Crippen LogP contribution in [0.25, 0.3) is 0 Å². The van der Waals surface area contributed by atoms with Gasteiger partial charge >= 0.3 is 0 Å². The van der Waals surface area contributed by atoms with Crippen molar-refractivity contribution in [2.24, 2.45) is 10.7 Å². The topological polar surface area (TPSA) is 95.9 Å². The van der Waals surface area contributed by atoms with Crippen molar-refractivity contribution in [3.05, 3.63) is 53.5 Å². The van der Waals surface area contributed by atoms with Gasteiger partial charge in [-0.3, -0.25) is 4.79 Å². The minimum atomic E-state index is -0.577. The molecule has 7 heteroatoms. The fourth-order valence-corrected chi connectivity index (χ4v) is 3.33. The quantitative estimate of drug-likeness (QED) is 0.505. The number of nitrogens with one attached hydrogen (secondary N) is 2. The van der Waals surface area contributed by atoms with Crippen LogP contribution in [-0.2, 0) is 6.54 Å². The summed E-state index contributed by atoms with van der Waals surface area (Å²) in [5, 5.41) is 6.69. The first-order chi connectivity index (χ1) is 13.6. The Kier molecular flexibility index (Phi) is 6.57. The highest BCUT2D eigenvalue weighted by Gasteiger charge is 2.15. The van der Waals surface area contributed by atoms with Crippen molar-refractivity contribution >= 4 is 17.6 Å². The molecule has 0 saturated carbocycles. The minimum Gasteiger partial charge on any atom is -0.454 e. The maximum Gasteiger partial charge on any atom is 0.284 e. The van der Waals surface area contributed by atoms with Gasteiger partial charge in [0.15, 0.2) is 11.7 Å². The Morgan fingerprint density at radius 3 is 2.75 bits per heavy atom. The van der Waals surface area contributed by atoms with Gasteiger partial charge in [0, 0.05) is 25.3 Å². The molecular formula is C21H29N5O2. The number of hydrogen-bond donors (Lipinski definition) is 3. The van der Waals surface area contributed by atoms with Crippen molar-refractivity contribution in [2.75, 3.05) is 24.5 Å². The summed E-state index contributed by atoms with van der Waals surface area (Å²) in [7, 11) is 0. The van der Waals surface area contributed by atoms with E-state index in [1.807, 2.05) is 6.92 Å². The molecule has 1 aromatic carbocycles. The number of benzene rings is 1. The summed E-state index contributed by atoms with van der Waals surface area (Å²) in [4.78, 5) is 18.1. The molecule has 0 aliphatic carbocycles. The molecule has 0 radical (unpaired) electrons. The summed E-state index contributed by atoms with van der Waals surface area (Å²) >= 11 is 0. The average molecular weight is 383 g/mol. The Morgan fingerprint density at radius 2 is 2.07 bits per heavy atom. The number of furan rings is 1. The third-order valence-electron chi connectivity index (χ3n) is 4.84. The predicted octanol–water partition coefficient (Wildman–Crippen LogP) is 2.80. The van der Waals surface area contributed by atoms with E-state index in [1.165, 1.54) is 24.1 Å².